The van der Waals surface area contributed by atoms with Crippen molar-refractivity contribution in [3.05, 3.63) is 48.0 Å². The van der Waals surface area contributed by atoms with Crippen molar-refractivity contribution in [1.82, 2.24) is 0 Å². The van der Waals surface area contributed by atoms with Crippen LogP contribution in [0.2, 0.25) is 0 Å². The highest BCUT2D eigenvalue weighted by Gasteiger charge is 2.24. The fourth-order valence-corrected chi connectivity index (χ4v) is 3.91. The molecule has 4 rings (SSSR count). The molecule has 2 aliphatic heterocycles. The fraction of sp³-hybridized carbons (Fsp3) is 0.300. The summed E-state index contributed by atoms with van der Waals surface area (Å²) < 4.78 is 16.6. The number of hydrogen-bond donors (Lipinski definition) is 0. The Kier molecular flexibility index (Phi) is 5.20. The molecule has 2 aromatic carbocycles. The number of ether oxygens (including phenoxy) is 3. The number of nitrogens with zero attached hydrogens (tertiary/aromatic N) is 2. The molecular weight excluding hydrogens is 364 g/mol. The third kappa shape index (κ3) is 3.73. The maximum atomic E-state index is 13.0. The molecular formula is C20H20N2O4S. The van der Waals surface area contributed by atoms with Crippen LogP contribution in [0.3, 0.4) is 0 Å². The van der Waals surface area contributed by atoms with Crippen LogP contribution in [0, 0.1) is 0 Å². The van der Waals surface area contributed by atoms with E-state index in [0.717, 1.165) is 23.2 Å². The highest BCUT2D eigenvalue weighted by molar-refractivity contribution is 8.14. The van der Waals surface area contributed by atoms with Crippen LogP contribution in [-0.4, -0.2) is 50.1 Å². The first-order valence-corrected chi connectivity index (χ1v) is 9.75. The number of benzene rings is 2. The number of rotatable bonds is 5. The molecule has 0 fully saturated rings. The van der Waals surface area contributed by atoms with Gasteiger partial charge in [-0.05, 0) is 30.3 Å². The largest absolute Gasteiger partial charge is 0.495 e. The lowest BCUT2D eigenvalue weighted by molar-refractivity contribution is 0.100. The van der Waals surface area contributed by atoms with E-state index in [2.05, 4.69) is 4.99 Å². The normalized spacial score (nSPS) is 15.2. The second-order valence-corrected chi connectivity index (χ2v) is 7.11. The van der Waals surface area contributed by atoms with Crippen molar-refractivity contribution in [3.8, 4) is 17.2 Å². The van der Waals surface area contributed by atoms with Crippen LogP contribution >= 0.6 is 11.8 Å². The summed E-state index contributed by atoms with van der Waals surface area (Å²) in [4.78, 5) is 19.5. The monoisotopic (exact) mass is 384 g/mol. The zero-order chi connectivity index (χ0) is 18.6. The molecule has 2 aromatic rings. The third-order valence-electron chi connectivity index (χ3n) is 4.34. The number of carbonyl (C=O) groups is 1. The van der Waals surface area contributed by atoms with Gasteiger partial charge in [0.05, 0.1) is 25.9 Å². The van der Waals surface area contributed by atoms with E-state index in [1.807, 2.05) is 29.2 Å². The van der Waals surface area contributed by atoms with Gasteiger partial charge in [-0.2, -0.15) is 0 Å². The minimum absolute atomic E-state index is 0.0203. The summed E-state index contributed by atoms with van der Waals surface area (Å²) in [5.41, 5.74) is 1.42. The van der Waals surface area contributed by atoms with Gasteiger partial charge in [-0.25, -0.2) is 0 Å². The summed E-state index contributed by atoms with van der Waals surface area (Å²) in [6.45, 7) is 1.94. The van der Waals surface area contributed by atoms with E-state index < -0.39 is 0 Å². The number of methoxy groups -OCH3 is 1. The zero-order valence-corrected chi connectivity index (χ0v) is 15.8. The Balaban J connectivity index is 1.62. The van der Waals surface area contributed by atoms with E-state index in [1.54, 1.807) is 37.1 Å². The maximum absolute atomic E-state index is 13.0. The second-order valence-electron chi connectivity index (χ2n) is 6.05. The average molecular weight is 384 g/mol. The molecule has 0 amide bonds. The number of fused-ring (bicyclic) bond motifs is 1. The molecule has 2 aliphatic rings. The average Bonchev–Trinajstić information content (AvgIpc) is 3.26. The Morgan fingerprint density at radius 3 is 2.78 bits per heavy atom. The van der Waals surface area contributed by atoms with Crippen molar-refractivity contribution in [2.24, 2.45) is 4.99 Å². The van der Waals surface area contributed by atoms with Crippen molar-refractivity contribution in [3.63, 3.8) is 0 Å². The van der Waals surface area contributed by atoms with Gasteiger partial charge in [0.15, 0.2) is 22.4 Å². The summed E-state index contributed by atoms with van der Waals surface area (Å²) in [6.07, 6.45) is 0. The predicted molar refractivity (Wildman–Crippen MR) is 107 cm³/mol. The lowest BCUT2D eigenvalue weighted by Gasteiger charge is -2.25. The lowest BCUT2D eigenvalue weighted by Crippen LogP contribution is -2.33. The molecule has 0 saturated heterocycles. The predicted octanol–water partition coefficient (Wildman–Crippen LogP) is 3.26. The Morgan fingerprint density at radius 1 is 1.19 bits per heavy atom. The van der Waals surface area contributed by atoms with Crippen LogP contribution in [0.15, 0.2) is 47.5 Å². The Hall–Kier alpha value is -2.67. The number of ketones is 1. The lowest BCUT2D eigenvalue weighted by atomic mass is 10.1. The first-order valence-electron chi connectivity index (χ1n) is 8.77. The van der Waals surface area contributed by atoms with Crippen molar-refractivity contribution in [1.29, 1.82) is 0 Å². The van der Waals surface area contributed by atoms with Gasteiger partial charge in [0.25, 0.3) is 0 Å². The number of para-hydroxylation sites is 2. The smallest absolute Gasteiger partial charge is 0.182 e. The zero-order valence-electron chi connectivity index (χ0n) is 15.0. The van der Waals surface area contributed by atoms with Crippen molar-refractivity contribution < 1.29 is 19.0 Å². The molecule has 0 atom stereocenters. The van der Waals surface area contributed by atoms with Crippen LogP contribution in [0.5, 0.6) is 17.2 Å². The number of amidine groups is 1. The van der Waals surface area contributed by atoms with Crippen molar-refractivity contribution in [2.75, 3.05) is 44.1 Å². The van der Waals surface area contributed by atoms with Crippen LogP contribution in [-0.2, 0) is 0 Å². The summed E-state index contributed by atoms with van der Waals surface area (Å²) in [5, 5.41) is 0.838. The van der Waals surface area contributed by atoms with Gasteiger partial charge in [0, 0.05) is 11.3 Å². The second kappa shape index (κ2) is 7.92. The molecule has 2 heterocycles. The Labute approximate surface area is 162 Å². The molecule has 0 unspecified atom stereocenters. The van der Waals surface area contributed by atoms with E-state index in [1.165, 1.54) is 0 Å². The first-order chi connectivity index (χ1) is 13.3. The van der Waals surface area contributed by atoms with Gasteiger partial charge in [-0.1, -0.05) is 23.9 Å². The van der Waals surface area contributed by atoms with E-state index in [0.29, 0.717) is 36.0 Å². The van der Waals surface area contributed by atoms with Crippen LogP contribution in [0.1, 0.15) is 10.4 Å². The number of Topliss-reactive ketones (excluding diaryl/α,β-unsaturated/α-hetero) is 1. The molecule has 7 heteroatoms. The molecule has 0 aliphatic carbocycles. The Bertz CT molecular complexity index is 884. The fourth-order valence-electron chi connectivity index (χ4n) is 3.05. The minimum Gasteiger partial charge on any atom is -0.495 e. The summed E-state index contributed by atoms with van der Waals surface area (Å²) >= 11 is 1.65. The molecule has 0 bridgehead atoms. The minimum atomic E-state index is -0.0203. The summed E-state index contributed by atoms with van der Waals surface area (Å²) in [7, 11) is 1.63. The van der Waals surface area contributed by atoms with Gasteiger partial charge in [0.1, 0.15) is 19.0 Å². The summed E-state index contributed by atoms with van der Waals surface area (Å²) in [5.74, 6) is 2.90. The molecule has 0 radical (unpaired) electrons. The number of carbonyl (C=O) groups excluding carboxylic acids is 1. The van der Waals surface area contributed by atoms with Crippen LogP contribution in [0.25, 0.3) is 0 Å². The highest BCUT2D eigenvalue weighted by Crippen LogP contribution is 2.33. The van der Waals surface area contributed by atoms with Crippen molar-refractivity contribution >= 4 is 28.4 Å². The standard InChI is InChI=1S/C20H20N2O4S/c1-24-17-5-3-2-4-15(17)22(20-21-8-11-27-20)13-16(23)14-6-7-18-19(12-14)26-10-9-25-18/h2-7,12H,8-11,13H2,1H3. The van der Waals surface area contributed by atoms with E-state index in [-0.39, 0.29) is 12.3 Å². The summed E-state index contributed by atoms with van der Waals surface area (Å²) in [6, 6.07) is 13.0. The first kappa shape index (κ1) is 17.7. The molecule has 6 nitrogen and oxygen atoms in total. The molecule has 27 heavy (non-hydrogen) atoms. The third-order valence-corrected chi connectivity index (χ3v) is 5.34. The molecule has 140 valence electrons. The molecule has 0 saturated carbocycles. The van der Waals surface area contributed by atoms with E-state index in [4.69, 9.17) is 14.2 Å². The van der Waals surface area contributed by atoms with Gasteiger partial charge in [-0.3, -0.25) is 9.79 Å². The SMILES string of the molecule is COc1ccccc1N(CC(=O)c1ccc2c(c1)OCCO2)C1=NCCS1. The van der Waals surface area contributed by atoms with Gasteiger partial charge >= 0.3 is 0 Å². The number of aliphatic imine (C=N–C) groups is 1. The van der Waals surface area contributed by atoms with Gasteiger partial charge < -0.3 is 19.1 Å². The highest BCUT2D eigenvalue weighted by atomic mass is 32.2. The van der Waals surface area contributed by atoms with Gasteiger partial charge in [-0.15, -0.1) is 0 Å². The molecule has 0 aromatic heterocycles. The number of hydrogen-bond acceptors (Lipinski definition) is 7. The quantitative estimate of drug-likeness (QED) is 0.738. The number of thioether (sulfide) groups is 1. The van der Waals surface area contributed by atoms with Crippen LogP contribution < -0.4 is 19.1 Å². The van der Waals surface area contributed by atoms with E-state index >= 15 is 0 Å². The van der Waals surface area contributed by atoms with E-state index in [9.17, 15) is 4.79 Å². The number of anilines is 1. The maximum Gasteiger partial charge on any atom is 0.182 e. The molecule has 0 spiro atoms. The Morgan fingerprint density at radius 2 is 2.00 bits per heavy atom. The topological polar surface area (TPSA) is 60.4 Å². The van der Waals surface area contributed by atoms with Crippen LogP contribution in [0.4, 0.5) is 5.69 Å². The molecule has 0 N–H and O–H groups in total. The van der Waals surface area contributed by atoms with Gasteiger partial charge in [0.2, 0.25) is 0 Å². The van der Waals surface area contributed by atoms with Crippen molar-refractivity contribution in [2.45, 2.75) is 0 Å².